The molecule has 0 bridgehead atoms. The second kappa shape index (κ2) is 8.07. The minimum absolute atomic E-state index is 0.618. The predicted octanol–water partition coefficient (Wildman–Crippen LogP) is 7.16. The number of hydrogen-bond acceptors (Lipinski definition) is 0. The second-order valence-corrected chi connectivity index (χ2v) is 8.47. The summed E-state index contributed by atoms with van der Waals surface area (Å²) in [7, 11) is 0. The van der Waals surface area contributed by atoms with E-state index in [0.717, 1.165) is 5.92 Å². The number of hydrogen-bond donors (Lipinski definition) is 0. The van der Waals surface area contributed by atoms with Crippen LogP contribution in [0.2, 0.25) is 0 Å². The second-order valence-electron chi connectivity index (χ2n) is 8.47. The fourth-order valence-corrected chi connectivity index (χ4v) is 4.78. The number of rotatable bonds is 11. The summed E-state index contributed by atoms with van der Waals surface area (Å²) in [6.07, 6.45) is 17.9. The minimum atomic E-state index is 0.618. The number of benzene rings is 1. The van der Waals surface area contributed by atoms with Gasteiger partial charge in [0.05, 0.1) is 0 Å². The lowest BCUT2D eigenvalue weighted by atomic mass is 9.80. The molecule has 1 aromatic carbocycles. The van der Waals surface area contributed by atoms with Crippen molar-refractivity contribution in [2.45, 2.75) is 110 Å². The molecule has 0 heteroatoms. The van der Waals surface area contributed by atoms with Gasteiger partial charge in [-0.25, -0.2) is 0 Å². The van der Waals surface area contributed by atoms with E-state index >= 15 is 0 Å². The summed E-state index contributed by atoms with van der Waals surface area (Å²) >= 11 is 0. The van der Waals surface area contributed by atoms with E-state index in [-0.39, 0.29) is 0 Å². The summed E-state index contributed by atoms with van der Waals surface area (Å²) in [5.74, 6) is 1.03. The summed E-state index contributed by atoms with van der Waals surface area (Å²) in [6.45, 7) is 7.01. The van der Waals surface area contributed by atoms with Crippen molar-refractivity contribution >= 4 is 0 Å². The Morgan fingerprint density at radius 2 is 1.38 bits per heavy atom. The molecule has 0 unspecified atom stereocenters. The van der Waals surface area contributed by atoms with Crippen LogP contribution in [-0.2, 0) is 24.7 Å². The Morgan fingerprint density at radius 1 is 0.792 bits per heavy atom. The van der Waals surface area contributed by atoms with E-state index < -0.39 is 0 Å². The van der Waals surface area contributed by atoms with Gasteiger partial charge in [0.15, 0.2) is 0 Å². The van der Waals surface area contributed by atoms with Crippen molar-refractivity contribution in [1.82, 2.24) is 0 Å². The lowest BCUT2D eigenvalue weighted by Crippen LogP contribution is -2.16. The first kappa shape index (κ1) is 18.0. The highest BCUT2D eigenvalue weighted by atomic mass is 14.6. The zero-order valence-corrected chi connectivity index (χ0v) is 16.4. The molecular formula is C24H38. The van der Waals surface area contributed by atoms with Crippen molar-refractivity contribution in [3.05, 3.63) is 34.4 Å². The van der Waals surface area contributed by atoms with Crippen LogP contribution < -0.4 is 0 Å². The van der Waals surface area contributed by atoms with Gasteiger partial charge in [0, 0.05) is 0 Å². The van der Waals surface area contributed by atoms with Gasteiger partial charge in [0.1, 0.15) is 0 Å². The monoisotopic (exact) mass is 326 g/mol. The van der Waals surface area contributed by atoms with Gasteiger partial charge in [-0.3, -0.25) is 0 Å². The lowest BCUT2D eigenvalue weighted by molar-refractivity contribution is 0.584. The molecule has 134 valence electrons. The molecule has 0 heterocycles. The van der Waals surface area contributed by atoms with Crippen LogP contribution in [0.5, 0.6) is 0 Å². The maximum atomic E-state index is 2.58. The Labute approximate surface area is 150 Å². The summed E-state index contributed by atoms with van der Waals surface area (Å²) in [4.78, 5) is 0. The molecular weight excluding hydrogens is 288 g/mol. The molecule has 0 spiro atoms. The van der Waals surface area contributed by atoms with Crippen molar-refractivity contribution < 1.29 is 0 Å². The highest BCUT2D eigenvalue weighted by Crippen LogP contribution is 2.63. The Kier molecular flexibility index (Phi) is 6.06. The fourth-order valence-electron chi connectivity index (χ4n) is 4.78. The Balaban J connectivity index is 1.97. The van der Waals surface area contributed by atoms with E-state index in [4.69, 9.17) is 0 Å². The first-order chi connectivity index (χ1) is 11.8. The van der Waals surface area contributed by atoms with E-state index in [1.807, 2.05) is 5.56 Å². The lowest BCUT2D eigenvalue weighted by Gasteiger charge is -2.25. The minimum Gasteiger partial charge on any atom is -0.0654 e. The highest BCUT2D eigenvalue weighted by Gasteiger charge is 2.55. The molecule has 24 heavy (non-hydrogen) atoms. The normalized spacial score (nSPS) is 18.8. The molecule has 0 amide bonds. The summed E-state index contributed by atoms with van der Waals surface area (Å²) < 4.78 is 0. The van der Waals surface area contributed by atoms with Crippen LogP contribution in [0.1, 0.15) is 107 Å². The van der Waals surface area contributed by atoms with Gasteiger partial charge in [-0.05, 0) is 97.8 Å². The summed E-state index contributed by atoms with van der Waals surface area (Å²) in [5, 5.41) is 0. The van der Waals surface area contributed by atoms with Crippen LogP contribution >= 0.6 is 0 Å². The van der Waals surface area contributed by atoms with Crippen LogP contribution in [0.15, 0.2) is 12.1 Å². The molecule has 0 nitrogen and oxygen atoms in total. The first-order valence-electron chi connectivity index (χ1n) is 10.9. The van der Waals surface area contributed by atoms with Crippen molar-refractivity contribution in [3.63, 3.8) is 0 Å². The van der Waals surface area contributed by atoms with E-state index in [1.165, 1.54) is 83.5 Å². The van der Waals surface area contributed by atoms with E-state index in [1.54, 1.807) is 16.7 Å². The van der Waals surface area contributed by atoms with Gasteiger partial charge in [-0.15, -0.1) is 0 Å². The van der Waals surface area contributed by atoms with Crippen LogP contribution in [-0.4, -0.2) is 0 Å². The molecule has 2 aliphatic rings. The van der Waals surface area contributed by atoms with Gasteiger partial charge >= 0.3 is 0 Å². The van der Waals surface area contributed by atoms with Crippen LogP contribution in [0.4, 0.5) is 0 Å². The zero-order chi connectivity index (χ0) is 17.0. The highest BCUT2D eigenvalue weighted by molar-refractivity contribution is 5.48. The molecule has 3 rings (SSSR count). The van der Waals surface area contributed by atoms with Gasteiger partial charge < -0.3 is 0 Å². The molecule has 0 radical (unpaired) electrons. The topological polar surface area (TPSA) is 0 Å². The van der Waals surface area contributed by atoms with Crippen molar-refractivity contribution in [2.75, 3.05) is 0 Å². The molecule has 1 aromatic rings. The largest absolute Gasteiger partial charge is 0.0654 e. The molecule has 0 aliphatic heterocycles. The predicted molar refractivity (Wildman–Crippen MR) is 106 cm³/mol. The smallest absolute Gasteiger partial charge is 0.00153 e. The average Bonchev–Trinajstić information content (AvgIpc) is 3.48. The molecule has 0 N–H and O–H groups in total. The zero-order valence-electron chi connectivity index (χ0n) is 16.4. The molecule has 2 aliphatic carbocycles. The van der Waals surface area contributed by atoms with Crippen molar-refractivity contribution in [1.29, 1.82) is 0 Å². The van der Waals surface area contributed by atoms with Crippen molar-refractivity contribution in [3.8, 4) is 0 Å². The SMILES string of the molecule is CCCCc1ccc(C2(C3CC3)CC2)c(CCCC)c1CCCC. The molecule has 0 atom stereocenters. The maximum Gasteiger partial charge on any atom is -0.00153 e. The van der Waals surface area contributed by atoms with Crippen LogP contribution in [0, 0.1) is 5.92 Å². The molecule has 0 aromatic heterocycles. The van der Waals surface area contributed by atoms with Crippen molar-refractivity contribution in [2.24, 2.45) is 5.92 Å². The fraction of sp³-hybridized carbons (Fsp3) is 0.750. The van der Waals surface area contributed by atoms with E-state index in [0.29, 0.717) is 5.41 Å². The van der Waals surface area contributed by atoms with Gasteiger partial charge in [-0.2, -0.15) is 0 Å². The maximum absolute atomic E-state index is 2.58. The van der Waals surface area contributed by atoms with Gasteiger partial charge in [-0.1, -0.05) is 52.2 Å². The Hall–Kier alpha value is -0.780. The third-order valence-electron chi connectivity index (χ3n) is 6.57. The Bertz CT molecular complexity index is 531. The quantitative estimate of drug-likeness (QED) is 0.405. The van der Waals surface area contributed by atoms with E-state index in [2.05, 4.69) is 32.9 Å². The third-order valence-corrected chi connectivity index (χ3v) is 6.57. The van der Waals surface area contributed by atoms with Crippen LogP contribution in [0.25, 0.3) is 0 Å². The number of unbranched alkanes of at least 4 members (excludes halogenated alkanes) is 3. The summed E-state index contributed by atoms with van der Waals surface area (Å²) in [5.41, 5.74) is 7.69. The van der Waals surface area contributed by atoms with Gasteiger partial charge in [0.25, 0.3) is 0 Å². The van der Waals surface area contributed by atoms with E-state index in [9.17, 15) is 0 Å². The Morgan fingerprint density at radius 3 is 1.92 bits per heavy atom. The molecule has 0 saturated heterocycles. The molecule has 2 fully saturated rings. The number of aryl methyl sites for hydroxylation is 1. The van der Waals surface area contributed by atoms with Gasteiger partial charge in [0.2, 0.25) is 0 Å². The standard InChI is InChI=1S/C24H38/c1-4-7-10-19-13-16-23(24(17-18-24)20-14-15-20)22(12-9-6-3)21(19)11-8-5-2/h13,16,20H,4-12,14-15,17-18H2,1-3H3. The van der Waals surface area contributed by atoms with Crippen LogP contribution in [0.3, 0.4) is 0 Å². The molecule has 2 saturated carbocycles. The third kappa shape index (κ3) is 3.73. The average molecular weight is 327 g/mol. The first-order valence-corrected chi connectivity index (χ1v) is 10.9. The summed E-state index contributed by atoms with van der Waals surface area (Å²) in [6, 6.07) is 5.12.